The molecule has 1 aliphatic rings. The van der Waals surface area contributed by atoms with Gasteiger partial charge in [-0.15, -0.1) is 0 Å². The number of ether oxygens (including phenoxy) is 2. The molecule has 0 aromatic heterocycles. The molecule has 26 heavy (non-hydrogen) atoms. The van der Waals surface area contributed by atoms with Crippen LogP contribution in [0.25, 0.3) is 6.08 Å². The molecule has 0 saturated carbocycles. The fourth-order valence-corrected chi connectivity index (χ4v) is 2.92. The molecule has 3 rings (SSSR count). The van der Waals surface area contributed by atoms with E-state index >= 15 is 0 Å². The average Bonchev–Trinajstić information content (AvgIpc) is 2.95. The maximum Gasteiger partial charge on any atom is 0.363 e. The second-order valence-electron chi connectivity index (χ2n) is 5.43. The standard InChI is InChI=1S/C18H13BrN2O5/c1-10-13(4-3-5-15(10)21(23)24)17-20-14(18(22)26-17)9-11-8-12(19)6-7-16(11)25-2/h3-9H,1-2H3/b14-9+. The van der Waals surface area contributed by atoms with Crippen LogP contribution < -0.4 is 4.74 Å². The molecule has 0 spiro atoms. The van der Waals surface area contributed by atoms with E-state index in [1.54, 1.807) is 31.2 Å². The molecule has 0 saturated heterocycles. The highest BCUT2D eigenvalue weighted by atomic mass is 79.9. The van der Waals surface area contributed by atoms with Crippen molar-refractivity contribution in [3.63, 3.8) is 0 Å². The van der Waals surface area contributed by atoms with Crippen molar-refractivity contribution in [1.82, 2.24) is 0 Å². The van der Waals surface area contributed by atoms with Crippen molar-refractivity contribution in [2.75, 3.05) is 7.11 Å². The average molecular weight is 417 g/mol. The van der Waals surface area contributed by atoms with Gasteiger partial charge in [-0.3, -0.25) is 10.1 Å². The largest absolute Gasteiger partial charge is 0.496 e. The first-order valence-corrected chi connectivity index (χ1v) is 8.30. The number of rotatable bonds is 4. The van der Waals surface area contributed by atoms with E-state index in [0.29, 0.717) is 22.4 Å². The molecule has 7 nitrogen and oxygen atoms in total. The molecule has 0 bridgehead atoms. The van der Waals surface area contributed by atoms with Gasteiger partial charge in [0, 0.05) is 27.2 Å². The van der Waals surface area contributed by atoms with E-state index in [9.17, 15) is 14.9 Å². The number of benzene rings is 2. The highest BCUT2D eigenvalue weighted by Gasteiger charge is 2.27. The number of aliphatic imine (C=N–C) groups is 1. The molecular formula is C18H13BrN2O5. The number of carbonyl (C=O) groups is 1. The first kappa shape index (κ1) is 17.8. The zero-order valence-electron chi connectivity index (χ0n) is 13.9. The minimum Gasteiger partial charge on any atom is -0.496 e. The number of nitrogens with zero attached hydrogens (tertiary/aromatic N) is 2. The van der Waals surface area contributed by atoms with Gasteiger partial charge in [-0.25, -0.2) is 9.79 Å². The molecule has 0 N–H and O–H groups in total. The van der Waals surface area contributed by atoms with Gasteiger partial charge in [-0.05, 0) is 37.3 Å². The lowest BCUT2D eigenvalue weighted by atomic mass is 10.1. The summed E-state index contributed by atoms with van der Waals surface area (Å²) in [5.74, 6) is -0.0203. The quantitative estimate of drug-likeness (QED) is 0.324. The van der Waals surface area contributed by atoms with Crippen LogP contribution in [-0.4, -0.2) is 23.9 Å². The van der Waals surface area contributed by atoms with Gasteiger partial charge < -0.3 is 9.47 Å². The van der Waals surface area contributed by atoms with Gasteiger partial charge in [0.05, 0.1) is 12.0 Å². The lowest BCUT2D eigenvalue weighted by Gasteiger charge is -2.04. The Balaban J connectivity index is 2.05. The van der Waals surface area contributed by atoms with Crippen molar-refractivity contribution in [2.24, 2.45) is 4.99 Å². The Kier molecular flexibility index (Phi) is 4.85. The first-order chi connectivity index (χ1) is 12.4. The first-order valence-electron chi connectivity index (χ1n) is 7.51. The van der Waals surface area contributed by atoms with Gasteiger partial charge in [0.2, 0.25) is 5.90 Å². The summed E-state index contributed by atoms with van der Waals surface area (Å²) in [6.07, 6.45) is 1.55. The van der Waals surface area contributed by atoms with E-state index in [4.69, 9.17) is 9.47 Å². The normalized spacial score (nSPS) is 15.0. The summed E-state index contributed by atoms with van der Waals surface area (Å²) in [7, 11) is 1.53. The number of nitro groups is 1. The highest BCUT2D eigenvalue weighted by Crippen LogP contribution is 2.29. The number of carbonyl (C=O) groups excluding carboxylic acids is 1. The van der Waals surface area contributed by atoms with E-state index in [-0.39, 0.29) is 17.3 Å². The van der Waals surface area contributed by atoms with Crippen LogP contribution in [0.2, 0.25) is 0 Å². The Morgan fingerprint density at radius 3 is 2.77 bits per heavy atom. The molecule has 132 valence electrons. The van der Waals surface area contributed by atoms with E-state index in [0.717, 1.165) is 4.47 Å². The van der Waals surface area contributed by atoms with Crippen LogP contribution in [0.15, 0.2) is 51.6 Å². The number of cyclic esters (lactones) is 1. The van der Waals surface area contributed by atoms with Crippen LogP contribution in [0.3, 0.4) is 0 Å². The van der Waals surface area contributed by atoms with Crippen LogP contribution in [0.5, 0.6) is 5.75 Å². The summed E-state index contributed by atoms with van der Waals surface area (Å²) in [5.41, 5.74) is 1.45. The maximum atomic E-state index is 12.2. The van der Waals surface area contributed by atoms with Crippen LogP contribution in [0, 0.1) is 17.0 Å². The van der Waals surface area contributed by atoms with E-state index in [1.807, 2.05) is 6.07 Å². The number of hydrogen-bond donors (Lipinski definition) is 0. The Hall–Kier alpha value is -3.00. The monoisotopic (exact) mass is 416 g/mol. The lowest BCUT2D eigenvalue weighted by molar-refractivity contribution is -0.385. The number of methoxy groups -OCH3 is 1. The van der Waals surface area contributed by atoms with E-state index in [1.165, 1.54) is 19.2 Å². The van der Waals surface area contributed by atoms with Gasteiger partial charge in [-0.1, -0.05) is 22.0 Å². The van der Waals surface area contributed by atoms with Crippen LogP contribution in [0.1, 0.15) is 16.7 Å². The van der Waals surface area contributed by atoms with Gasteiger partial charge >= 0.3 is 5.97 Å². The Morgan fingerprint density at radius 2 is 2.08 bits per heavy atom. The van der Waals surface area contributed by atoms with Crippen molar-refractivity contribution < 1.29 is 19.2 Å². The molecule has 2 aromatic carbocycles. The lowest BCUT2D eigenvalue weighted by Crippen LogP contribution is -2.08. The summed E-state index contributed by atoms with van der Waals surface area (Å²) in [5, 5.41) is 11.1. The second kappa shape index (κ2) is 7.09. The zero-order valence-corrected chi connectivity index (χ0v) is 15.4. The summed E-state index contributed by atoms with van der Waals surface area (Å²) in [6.45, 7) is 1.59. The summed E-state index contributed by atoms with van der Waals surface area (Å²) >= 11 is 3.37. The molecule has 1 aliphatic heterocycles. The molecule has 0 atom stereocenters. The highest BCUT2D eigenvalue weighted by molar-refractivity contribution is 9.10. The third kappa shape index (κ3) is 3.36. The molecule has 8 heteroatoms. The smallest absolute Gasteiger partial charge is 0.363 e. The van der Waals surface area contributed by atoms with E-state index < -0.39 is 10.9 Å². The predicted molar refractivity (Wildman–Crippen MR) is 99.1 cm³/mol. The third-order valence-electron chi connectivity index (χ3n) is 3.84. The summed E-state index contributed by atoms with van der Waals surface area (Å²) in [4.78, 5) is 27.0. The SMILES string of the molecule is COc1ccc(Br)cc1/C=C1/N=C(c2cccc([N+](=O)[O-])c2C)OC1=O. The Labute approximate surface area is 157 Å². The van der Waals surface area contributed by atoms with Crippen molar-refractivity contribution in [2.45, 2.75) is 6.92 Å². The molecule has 1 heterocycles. The summed E-state index contributed by atoms with van der Waals surface area (Å²) in [6, 6.07) is 9.89. The van der Waals surface area contributed by atoms with Crippen LogP contribution in [0.4, 0.5) is 5.69 Å². The van der Waals surface area contributed by atoms with Crippen molar-refractivity contribution in [3.8, 4) is 5.75 Å². The number of halogens is 1. The number of esters is 1. The molecule has 0 aliphatic carbocycles. The maximum absolute atomic E-state index is 12.2. The van der Waals surface area contributed by atoms with E-state index in [2.05, 4.69) is 20.9 Å². The Bertz CT molecular complexity index is 982. The second-order valence-corrected chi connectivity index (χ2v) is 6.34. The third-order valence-corrected chi connectivity index (χ3v) is 4.33. The summed E-state index contributed by atoms with van der Waals surface area (Å²) < 4.78 is 11.3. The van der Waals surface area contributed by atoms with Gasteiger partial charge in [-0.2, -0.15) is 0 Å². The zero-order chi connectivity index (χ0) is 18.8. The minimum atomic E-state index is -0.632. The Morgan fingerprint density at radius 1 is 1.31 bits per heavy atom. The van der Waals surface area contributed by atoms with Crippen molar-refractivity contribution in [1.29, 1.82) is 0 Å². The van der Waals surface area contributed by atoms with Gasteiger partial charge in [0.15, 0.2) is 5.70 Å². The topological polar surface area (TPSA) is 91.0 Å². The number of hydrogen-bond acceptors (Lipinski definition) is 6. The molecule has 0 radical (unpaired) electrons. The van der Waals surface area contributed by atoms with Crippen molar-refractivity contribution in [3.05, 3.63) is 73.4 Å². The fraction of sp³-hybridized carbons (Fsp3) is 0.111. The van der Waals surface area contributed by atoms with Crippen LogP contribution >= 0.6 is 15.9 Å². The predicted octanol–water partition coefficient (Wildman–Crippen LogP) is 4.02. The molecular weight excluding hydrogens is 404 g/mol. The van der Waals surface area contributed by atoms with Crippen molar-refractivity contribution >= 4 is 39.6 Å². The molecule has 0 unspecified atom stereocenters. The molecule has 0 amide bonds. The van der Waals surface area contributed by atoms with Gasteiger partial charge in [0.25, 0.3) is 5.69 Å². The number of nitro benzene ring substituents is 1. The molecule has 2 aromatic rings. The fourth-order valence-electron chi connectivity index (χ4n) is 2.54. The van der Waals surface area contributed by atoms with Crippen LogP contribution in [-0.2, 0) is 9.53 Å². The minimum absolute atomic E-state index is 0.0383. The molecule has 0 fully saturated rings. The van der Waals surface area contributed by atoms with Gasteiger partial charge in [0.1, 0.15) is 5.75 Å².